The quantitative estimate of drug-likeness (QED) is 0.555. The topological polar surface area (TPSA) is 63.6 Å². The second-order valence-corrected chi connectivity index (χ2v) is 3.13. The molecule has 1 aromatic carbocycles. The van der Waals surface area contributed by atoms with Gasteiger partial charge in [0, 0.05) is 11.1 Å². The van der Waals surface area contributed by atoms with E-state index in [1.807, 2.05) is 0 Å². The summed E-state index contributed by atoms with van der Waals surface area (Å²) in [5.74, 6) is -0.820. The summed E-state index contributed by atoms with van der Waals surface area (Å²) in [6, 6.07) is 5.16. The fourth-order valence-electron chi connectivity index (χ4n) is 1.52. The van der Waals surface area contributed by atoms with Crippen LogP contribution in [0.1, 0.15) is 11.1 Å². The number of para-hydroxylation sites is 1. The summed E-state index contributed by atoms with van der Waals surface area (Å²) >= 11 is 0. The zero-order valence-electron chi connectivity index (χ0n) is 7.32. The number of esters is 1. The number of rotatable bonds is 2. The maximum Gasteiger partial charge on any atom is 0.315 e. The number of hydrogen-bond acceptors (Lipinski definition) is 3. The number of ether oxygens (including phenoxy) is 1. The van der Waals surface area contributed by atoms with Gasteiger partial charge in [-0.2, -0.15) is 0 Å². The van der Waals surface area contributed by atoms with E-state index >= 15 is 0 Å². The molecule has 0 aliphatic carbocycles. The lowest BCUT2D eigenvalue weighted by Gasteiger charge is -2.03. The first-order valence-electron chi connectivity index (χ1n) is 4.20. The minimum Gasteiger partial charge on any atom is -0.481 e. The smallest absolute Gasteiger partial charge is 0.315 e. The molecule has 1 aliphatic heterocycles. The third-order valence-electron chi connectivity index (χ3n) is 2.07. The van der Waals surface area contributed by atoms with Crippen molar-refractivity contribution in [3.63, 3.8) is 0 Å². The Morgan fingerprint density at radius 3 is 3.00 bits per heavy atom. The molecule has 4 heteroatoms. The predicted molar refractivity (Wildman–Crippen MR) is 47.1 cm³/mol. The first-order chi connectivity index (χ1) is 6.66. The van der Waals surface area contributed by atoms with E-state index in [1.54, 1.807) is 18.2 Å². The van der Waals surface area contributed by atoms with Crippen LogP contribution in [0.2, 0.25) is 0 Å². The molecule has 0 radical (unpaired) electrons. The van der Waals surface area contributed by atoms with Crippen LogP contribution in [-0.2, 0) is 22.4 Å². The minimum atomic E-state index is -0.929. The van der Waals surface area contributed by atoms with E-state index in [4.69, 9.17) is 9.84 Å². The number of aliphatic carboxylic acids is 1. The summed E-state index contributed by atoms with van der Waals surface area (Å²) in [4.78, 5) is 21.5. The van der Waals surface area contributed by atoms with Crippen molar-refractivity contribution in [2.24, 2.45) is 0 Å². The zero-order chi connectivity index (χ0) is 10.1. The van der Waals surface area contributed by atoms with Crippen molar-refractivity contribution in [2.45, 2.75) is 12.8 Å². The molecular formula is C10H8O4. The van der Waals surface area contributed by atoms with Gasteiger partial charge in [0.2, 0.25) is 0 Å². The number of carbonyl (C=O) groups excluding carboxylic acids is 1. The van der Waals surface area contributed by atoms with Gasteiger partial charge in [-0.25, -0.2) is 0 Å². The molecule has 1 N–H and O–H groups in total. The summed E-state index contributed by atoms with van der Waals surface area (Å²) in [5.41, 5.74) is 1.33. The molecule has 1 aliphatic rings. The second kappa shape index (κ2) is 3.14. The molecule has 0 fully saturated rings. The zero-order valence-corrected chi connectivity index (χ0v) is 7.32. The van der Waals surface area contributed by atoms with Gasteiger partial charge >= 0.3 is 11.9 Å². The Hall–Kier alpha value is -1.84. The van der Waals surface area contributed by atoms with E-state index in [-0.39, 0.29) is 18.8 Å². The highest BCUT2D eigenvalue weighted by Crippen LogP contribution is 2.30. The van der Waals surface area contributed by atoms with Crippen molar-refractivity contribution in [1.82, 2.24) is 0 Å². The normalized spacial score (nSPS) is 13.6. The number of hydrogen-bond donors (Lipinski definition) is 1. The molecular weight excluding hydrogens is 184 g/mol. The van der Waals surface area contributed by atoms with E-state index in [0.717, 1.165) is 5.56 Å². The van der Waals surface area contributed by atoms with Crippen LogP contribution in [0.15, 0.2) is 18.2 Å². The van der Waals surface area contributed by atoms with Crippen molar-refractivity contribution in [1.29, 1.82) is 0 Å². The molecule has 0 atom stereocenters. The van der Waals surface area contributed by atoms with E-state index in [1.165, 1.54) is 0 Å². The number of carboxylic acids is 1. The number of carbonyl (C=O) groups is 2. The maximum atomic E-state index is 11.0. The highest BCUT2D eigenvalue weighted by atomic mass is 16.5. The fourth-order valence-corrected chi connectivity index (χ4v) is 1.52. The molecule has 0 saturated carbocycles. The summed E-state index contributed by atoms with van der Waals surface area (Å²) in [6.07, 6.45) is 0.124. The van der Waals surface area contributed by atoms with Gasteiger partial charge in [-0.1, -0.05) is 18.2 Å². The van der Waals surface area contributed by atoms with E-state index in [0.29, 0.717) is 11.3 Å². The lowest BCUT2D eigenvalue weighted by atomic mass is 10.1. The number of benzene rings is 1. The molecule has 1 aromatic rings. The molecule has 0 saturated heterocycles. The molecule has 4 nitrogen and oxygen atoms in total. The third-order valence-corrected chi connectivity index (χ3v) is 2.07. The fraction of sp³-hybridized carbons (Fsp3) is 0.200. The van der Waals surface area contributed by atoms with E-state index < -0.39 is 5.97 Å². The number of carboxylic acid groups (broad SMARTS) is 1. The van der Waals surface area contributed by atoms with Gasteiger partial charge < -0.3 is 9.84 Å². The summed E-state index contributed by atoms with van der Waals surface area (Å²) in [5, 5.41) is 8.62. The van der Waals surface area contributed by atoms with Gasteiger partial charge in [0.05, 0.1) is 12.8 Å². The van der Waals surface area contributed by atoms with Crippen molar-refractivity contribution in [3.05, 3.63) is 29.3 Å². The van der Waals surface area contributed by atoms with Crippen LogP contribution in [-0.4, -0.2) is 17.0 Å². The summed E-state index contributed by atoms with van der Waals surface area (Å²) in [7, 11) is 0. The van der Waals surface area contributed by atoms with Crippen LogP contribution in [0, 0.1) is 0 Å². The van der Waals surface area contributed by atoms with Crippen molar-refractivity contribution in [2.75, 3.05) is 0 Å². The van der Waals surface area contributed by atoms with Gasteiger partial charge in [-0.05, 0) is 0 Å². The van der Waals surface area contributed by atoms with Crippen LogP contribution in [0.25, 0.3) is 0 Å². The molecule has 0 aromatic heterocycles. The molecule has 72 valence electrons. The Balaban J connectivity index is 2.39. The minimum absolute atomic E-state index is 0.115. The Morgan fingerprint density at radius 2 is 2.29 bits per heavy atom. The molecule has 0 unspecified atom stereocenters. The molecule has 14 heavy (non-hydrogen) atoms. The Kier molecular flexibility index (Phi) is 1.96. The first-order valence-corrected chi connectivity index (χ1v) is 4.20. The lowest BCUT2D eigenvalue weighted by Crippen LogP contribution is -2.04. The lowest BCUT2D eigenvalue weighted by molar-refractivity contribution is -0.136. The Bertz CT molecular complexity index is 409. The van der Waals surface area contributed by atoms with Crippen molar-refractivity contribution in [3.8, 4) is 5.75 Å². The maximum absolute atomic E-state index is 11.0. The van der Waals surface area contributed by atoms with E-state index in [9.17, 15) is 9.59 Å². The van der Waals surface area contributed by atoms with Gasteiger partial charge in [0.15, 0.2) is 0 Å². The SMILES string of the molecule is O=C(O)Cc1cccc2c1OC(=O)C2. The molecule has 1 heterocycles. The Morgan fingerprint density at radius 1 is 1.50 bits per heavy atom. The second-order valence-electron chi connectivity index (χ2n) is 3.13. The number of fused-ring (bicyclic) bond motifs is 1. The van der Waals surface area contributed by atoms with Crippen LogP contribution < -0.4 is 4.74 Å². The monoisotopic (exact) mass is 192 g/mol. The molecule has 2 rings (SSSR count). The van der Waals surface area contributed by atoms with Crippen LogP contribution in [0.3, 0.4) is 0 Å². The average Bonchev–Trinajstić information content (AvgIpc) is 2.45. The van der Waals surface area contributed by atoms with Crippen molar-refractivity contribution >= 4 is 11.9 Å². The molecule has 0 bridgehead atoms. The summed E-state index contributed by atoms with van der Waals surface area (Å²) in [6.45, 7) is 0. The largest absolute Gasteiger partial charge is 0.481 e. The molecule has 0 amide bonds. The summed E-state index contributed by atoms with van der Waals surface area (Å²) < 4.78 is 4.94. The van der Waals surface area contributed by atoms with Gasteiger partial charge in [0.1, 0.15) is 5.75 Å². The predicted octanol–water partition coefficient (Wildman–Crippen LogP) is 0.775. The van der Waals surface area contributed by atoms with E-state index in [2.05, 4.69) is 0 Å². The van der Waals surface area contributed by atoms with Crippen molar-refractivity contribution < 1.29 is 19.4 Å². The average molecular weight is 192 g/mol. The third kappa shape index (κ3) is 1.46. The first kappa shape index (κ1) is 8.74. The van der Waals surface area contributed by atoms with Crippen LogP contribution in [0.5, 0.6) is 5.75 Å². The standard InChI is InChI=1S/C10H8O4/c11-8(12)4-6-2-1-3-7-5-9(13)14-10(6)7/h1-3H,4-5H2,(H,11,12). The van der Waals surface area contributed by atoms with Gasteiger partial charge in [0.25, 0.3) is 0 Å². The molecule has 0 spiro atoms. The highest BCUT2D eigenvalue weighted by molar-refractivity contribution is 5.83. The van der Waals surface area contributed by atoms with Crippen LogP contribution >= 0.6 is 0 Å². The van der Waals surface area contributed by atoms with Gasteiger partial charge in [-0.3, -0.25) is 9.59 Å². The highest BCUT2D eigenvalue weighted by Gasteiger charge is 2.23. The van der Waals surface area contributed by atoms with Gasteiger partial charge in [-0.15, -0.1) is 0 Å². The Labute approximate surface area is 80.1 Å². The van der Waals surface area contributed by atoms with Crippen LogP contribution in [0.4, 0.5) is 0 Å².